The highest BCUT2D eigenvalue weighted by molar-refractivity contribution is 5.14. The molecular formula is C15H26N2O. The Bertz CT molecular complexity index is 311. The number of likely N-dealkylation sites (N-methyl/N-ethyl adjacent to an activating group) is 1. The molecule has 0 saturated heterocycles. The first kappa shape index (κ1) is 15.1. The fourth-order valence-corrected chi connectivity index (χ4v) is 1.89. The number of ether oxygens (including phenoxy) is 1. The van der Waals surface area contributed by atoms with Gasteiger partial charge in [-0.1, -0.05) is 26.8 Å². The number of hydrogen-bond donors (Lipinski definition) is 1. The van der Waals surface area contributed by atoms with Crippen LogP contribution in [0.3, 0.4) is 0 Å². The number of rotatable bonds is 9. The summed E-state index contributed by atoms with van der Waals surface area (Å²) in [6, 6.07) is 4.66. The third kappa shape index (κ3) is 5.61. The summed E-state index contributed by atoms with van der Waals surface area (Å²) in [6.45, 7) is 8.97. The van der Waals surface area contributed by atoms with E-state index in [1.165, 1.54) is 5.56 Å². The summed E-state index contributed by atoms with van der Waals surface area (Å²) in [5, 5.41) is 3.45. The lowest BCUT2D eigenvalue weighted by Crippen LogP contribution is -2.35. The summed E-state index contributed by atoms with van der Waals surface area (Å²) in [6.07, 6.45) is 5.03. The Morgan fingerprint density at radius 3 is 2.67 bits per heavy atom. The lowest BCUT2D eigenvalue weighted by atomic mass is 10.1. The van der Waals surface area contributed by atoms with E-state index in [9.17, 15) is 0 Å². The number of aryl methyl sites for hydroxylation is 1. The molecular weight excluding hydrogens is 224 g/mol. The maximum absolute atomic E-state index is 5.62. The van der Waals surface area contributed by atoms with E-state index in [4.69, 9.17) is 4.74 Å². The van der Waals surface area contributed by atoms with Crippen LogP contribution in [0.4, 0.5) is 0 Å². The molecule has 0 spiro atoms. The van der Waals surface area contributed by atoms with E-state index in [0.29, 0.717) is 6.04 Å². The smallest absolute Gasteiger partial charge is 0.0623 e. The van der Waals surface area contributed by atoms with Crippen LogP contribution in [-0.4, -0.2) is 30.8 Å². The second kappa shape index (κ2) is 9.06. The van der Waals surface area contributed by atoms with Crippen LogP contribution >= 0.6 is 0 Å². The van der Waals surface area contributed by atoms with Gasteiger partial charge in [-0.25, -0.2) is 0 Å². The highest BCUT2D eigenvalue weighted by atomic mass is 16.5. The molecule has 18 heavy (non-hydrogen) atoms. The molecule has 0 saturated carbocycles. The van der Waals surface area contributed by atoms with Crippen LogP contribution in [0, 0.1) is 0 Å². The summed E-state index contributed by atoms with van der Waals surface area (Å²) < 4.78 is 5.62. The normalized spacial score (nSPS) is 12.6. The predicted molar refractivity (Wildman–Crippen MR) is 75.9 cm³/mol. The van der Waals surface area contributed by atoms with E-state index < -0.39 is 0 Å². The quantitative estimate of drug-likeness (QED) is 0.684. The van der Waals surface area contributed by atoms with Crippen molar-refractivity contribution in [1.82, 2.24) is 10.3 Å². The molecule has 1 N–H and O–H groups in total. The van der Waals surface area contributed by atoms with Gasteiger partial charge in [-0.05, 0) is 31.0 Å². The van der Waals surface area contributed by atoms with Crippen LogP contribution in [0.2, 0.25) is 0 Å². The average molecular weight is 250 g/mol. The molecule has 1 aromatic rings. The second-order valence-corrected chi connectivity index (χ2v) is 4.54. The molecule has 0 aliphatic carbocycles. The highest BCUT2D eigenvalue weighted by Crippen LogP contribution is 2.04. The van der Waals surface area contributed by atoms with Gasteiger partial charge < -0.3 is 10.1 Å². The number of nitrogens with zero attached hydrogens (tertiary/aromatic N) is 1. The summed E-state index contributed by atoms with van der Waals surface area (Å²) in [7, 11) is 0. The molecule has 0 radical (unpaired) electrons. The van der Waals surface area contributed by atoms with E-state index in [-0.39, 0.29) is 0 Å². The van der Waals surface area contributed by atoms with Crippen molar-refractivity contribution in [2.45, 2.75) is 46.1 Å². The molecule has 3 nitrogen and oxygen atoms in total. The van der Waals surface area contributed by atoms with Crippen LogP contribution in [0.1, 0.15) is 38.4 Å². The van der Waals surface area contributed by atoms with E-state index >= 15 is 0 Å². The molecule has 1 heterocycles. The first-order valence-electron chi connectivity index (χ1n) is 7.05. The van der Waals surface area contributed by atoms with Crippen molar-refractivity contribution in [3.8, 4) is 0 Å². The van der Waals surface area contributed by atoms with Gasteiger partial charge in [0.25, 0.3) is 0 Å². The summed E-state index contributed by atoms with van der Waals surface area (Å²) in [5.74, 6) is 0. The zero-order valence-corrected chi connectivity index (χ0v) is 11.9. The first-order chi connectivity index (χ1) is 8.80. The largest absolute Gasteiger partial charge is 0.380 e. The minimum absolute atomic E-state index is 0.363. The maximum atomic E-state index is 5.62. The number of nitrogens with one attached hydrogen (secondary N) is 1. The third-order valence-corrected chi connectivity index (χ3v) is 2.91. The SMILES string of the molecule is CCCOCC(Cc1ccc(CC)cn1)NCC. The summed E-state index contributed by atoms with van der Waals surface area (Å²) in [4.78, 5) is 4.50. The van der Waals surface area contributed by atoms with Crippen molar-refractivity contribution in [3.63, 3.8) is 0 Å². The molecule has 0 aliphatic rings. The van der Waals surface area contributed by atoms with Crippen molar-refractivity contribution in [2.75, 3.05) is 19.8 Å². The maximum Gasteiger partial charge on any atom is 0.0623 e. The molecule has 0 aromatic carbocycles. The van der Waals surface area contributed by atoms with Gasteiger partial charge >= 0.3 is 0 Å². The van der Waals surface area contributed by atoms with E-state index in [0.717, 1.165) is 44.7 Å². The zero-order valence-electron chi connectivity index (χ0n) is 11.9. The number of hydrogen-bond acceptors (Lipinski definition) is 3. The number of aromatic nitrogens is 1. The molecule has 0 aliphatic heterocycles. The van der Waals surface area contributed by atoms with Gasteiger partial charge in [-0.2, -0.15) is 0 Å². The standard InChI is InChI=1S/C15H26N2O/c1-4-9-18-12-15(16-6-3)10-14-8-7-13(5-2)11-17-14/h7-8,11,15-16H,4-6,9-10,12H2,1-3H3. The minimum Gasteiger partial charge on any atom is -0.380 e. The van der Waals surface area contributed by atoms with Gasteiger partial charge in [0, 0.05) is 31.0 Å². The fourth-order valence-electron chi connectivity index (χ4n) is 1.89. The lowest BCUT2D eigenvalue weighted by molar-refractivity contribution is 0.112. The Kier molecular flexibility index (Phi) is 7.62. The first-order valence-corrected chi connectivity index (χ1v) is 7.05. The molecule has 0 amide bonds. The summed E-state index contributed by atoms with van der Waals surface area (Å²) >= 11 is 0. The lowest BCUT2D eigenvalue weighted by Gasteiger charge is -2.17. The number of pyridine rings is 1. The monoisotopic (exact) mass is 250 g/mol. The molecule has 1 aromatic heterocycles. The van der Waals surface area contributed by atoms with Crippen LogP contribution in [-0.2, 0) is 17.6 Å². The molecule has 102 valence electrons. The third-order valence-electron chi connectivity index (χ3n) is 2.91. The van der Waals surface area contributed by atoms with Crippen molar-refractivity contribution < 1.29 is 4.74 Å². The average Bonchev–Trinajstić information content (AvgIpc) is 2.40. The highest BCUT2D eigenvalue weighted by Gasteiger charge is 2.09. The molecule has 1 unspecified atom stereocenters. The van der Waals surface area contributed by atoms with Crippen molar-refractivity contribution >= 4 is 0 Å². The Balaban J connectivity index is 2.47. The van der Waals surface area contributed by atoms with Gasteiger partial charge in [0.15, 0.2) is 0 Å². The van der Waals surface area contributed by atoms with Gasteiger partial charge in [0.05, 0.1) is 6.61 Å². The van der Waals surface area contributed by atoms with E-state index in [1.54, 1.807) is 0 Å². The zero-order chi connectivity index (χ0) is 13.2. The summed E-state index contributed by atoms with van der Waals surface area (Å²) in [5.41, 5.74) is 2.43. The van der Waals surface area contributed by atoms with E-state index in [2.05, 4.69) is 43.2 Å². The Morgan fingerprint density at radius 2 is 2.11 bits per heavy atom. The van der Waals surface area contributed by atoms with E-state index in [1.807, 2.05) is 6.20 Å². The predicted octanol–water partition coefficient (Wildman–Crippen LogP) is 2.59. The molecule has 3 heteroatoms. The minimum atomic E-state index is 0.363. The molecule has 0 fully saturated rings. The van der Waals surface area contributed by atoms with Gasteiger partial charge in [-0.15, -0.1) is 0 Å². The van der Waals surface area contributed by atoms with Crippen LogP contribution in [0.15, 0.2) is 18.3 Å². The van der Waals surface area contributed by atoms with Crippen LogP contribution < -0.4 is 5.32 Å². The fraction of sp³-hybridized carbons (Fsp3) is 0.667. The van der Waals surface area contributed by atoms with Gasteiger partial charge in [-0.3, -0.25) is 4.98 Å². The molecule has 1 atom stereocenters. The van der Waals surface area contributed by atoms with Crippen molar-refractivity contribution in [2.24, 2.45) is 0 Å². The Hall–Kier alpha value is -0.930. The van der Waals surface area contributed by atoms with Crippen molar-refractivity contribution in [3.05, 3.63) is 29.6 Å². The topological polar surface area (TPSA) is 34.1 Å². The molecule has 0 bridgehead atoms. The Morgan fingerprint density at radius 1 is 1.28 bits per heavy atom. The van der Waals surface area contributed by atoms with Gasteiger partial charge in [0.1, 0.15) is 0 Å². The van der Waals surface area contributed by atoms with Gasteiger partial charge in [0.2, 0.25) is 0 Å². The Labute approximate surface area is 111 Å². The van der Waals surface area contributed by atoms with Crippen molar-refractivity contribution in [1.29, 1.82) is 0 Å². The van der Waals surface area contributed by atoms with Crippen LogP contribution in [0.5, 0.6) is 0 Å². The second-order valence-electron chi connectivity index (χ2n) is 4.54. The molecule has 1 rings (SSSR count). The van der Waals surface area contributed by atoms with Crippen LogP contribution in [0.25, 0.3) is 0 Å².